The molecule has 4 nitrogen and oxygen atoms in total. The predicted molar refractivity (Wildman–Crippen MR) is 109 cm³/mol. The molecule has 4 heteroatoms. The fourth-order valence-corrected chi connectivity index (χ4v) is 4.03. The van der Waals surface area contributed by atoms with E-state index in [-0.39, 0.29) is 5.60 Å². The van der Waals surface area contributed by atoms with Gasteiger partial charge in [0.2, 0.25) is 0 Å². The third-order valence-electron chi connectivity index (χ3n) is 5.42. The zero-order valence-corrected chi connectivity index (χ0v) is 15.8. The van der Waals surface area contributed by atoms with Crippen LogP contribution >= 0.6 is 0 Å². The Kier molecular flexibility index (Phi) is 3.44. The highest BCUT2D eigenvalue weighted by Gasteiger charge is 2.31. The third-order valence-corrected chi connectivity index (χ3v) is 5.42. The second-order valence-corrected chi connectivity index (χ2v) is 7.72. The number of fused-ring (bicyclic) bond motifs is 6. The molecular weight excluding hydrogens is 336 g/mol. The number of benzene rings is 3. The molecule has 0 atom stereocenters. The molecule has 0 radical (unpaired) electrons. The van der Waals surface area contributed by atoms with Crippen molar-refractivity contribution < 1.29 is 9.47 Å². The molecule has 0 saturated carbocycles. The Morgan fingerprint density at radius 3 is 2.59 bits per heavy atom. The fraction of sp³-hybridized carbons (Fsp3) is 0.261. The standard InChI is InChI=1S/C23H22N2O2/c1-23(2)13-12-17-20-19(14-8-4-5-9-15(14)21(17)27-23)24-22(25-20)16-10-6-7-11-18(16)26-3/h4-11H,12-13H2,1-3H3,(H,24,25). The number of aromatic nitrogens is 2. The van der Waals surface area contributed by atoms with Gasteiger partial charge in [-0.1, -0.05) is 36.4 Å². The molecule has 1 aliphatic rings. The maximum Gasteiger partial charge on any atom is 0.142 e. The van der Waals surface area contributed by atoms with Crippen molar-refractivity contribution in [2.24, 2.45) is 0 Å². The van der Waals surface area contributed by atoms with Crippen molar-refractivity contribution >= 4 is 21.8 Å². The van der Waals surface area contributed by atoms with Crippen molar-refractivity contribution in [3.05, 3.63) is 54.1 Å². The van der Waals surface area contributed by atoms with Crippen molar-refractivity contribution in [2.45, 2.75) is 32.3 Å². The molecule has 0 saturated heterocycles. The average Bonchev–Trinajstić information content (AvgIpc) is 3.13. The Morgan fingerprint density at radius 2 is 1.78 bits per heavy atom. The van der Waals surface area contributed by atoms with E-state index in [4.69, 9.17) is 14.5 Å². The quantitative estimate of drug-likeness (QED) is 0.515. The summed E-state index contributed by atoms with van der Waals surface area (Å²) in [5.41, 5.74) is 4.06. The van der Waals surface area contributed by atoms with Crippen LogP contribution in [0.15, 0.2) is 48.5 Å². The minimum atomic E-state index is -0.161. The maximum atomic E-state index is 6.42. The SMILES string of the molecule is COc1ccccc1-c1nc2c3c(c4ccccc4c2[nH]1)OC(C)(C)CC3. The van der Waals surface area contributed by atoms with Gasteiger partial charge in [0.05, 0.1) is 23.7 Å². The van der Waals surface area contributed by atoms with Crippen LogP contribution in [0.5, 0.6) is 11.5 Å². The number of para-hydroxylation sites is 1. The van der Waals surface area contributed by atoms with Crippen LogP contribution in [0.2, 0.25) is 0 Å². The van der Waals surface area contributed by atoms with Gasteiger partial charge in [0, 0.05) is 16.3 Å². The lowest BCUT2D eigenvalue weighted by atomic mass is 9.91. The molecule has 0 amide bonds. The van der Waals surface area contributed by atoms with Gasteiger partial charge in [-0.15, -0.1) is 0 Å². The van der Waals surface area contributed by atoms with E-state index in [1.165, 1.54) is 5.56 Å². The summed E-state index contributed by atoms with van der Waals surface area (Å²) in [6.45, 7) is 4.30. The minimum absolute atomic E-state index is 0.161. The molecule has 27 heavy (non-hydrogen) atoms. The molecule has 1 aliphatic heterocycles. The van der Waals surface area contributed by atoms with Crippen LogP contribution in [0, 0.1) is 0 Å². The normalized spacial score (nSPS) is 15.5. The summed E-state index contributed by atoms with van der Waals surface area (Å²) in [4.78, 5) is 8.54. The van der Waals surface area contributed by atoms with Crippen molar-refractivity contribution in [3.63, 3.8) is 0 Å². The number of nitrogens with zero attached hydrogens (tertiary/aromatic N) is 1. The van der Waals surface area contributed by atoms with Gasteiger partial charge in [-0.3, -0.25) is 0 Å². The Morgan fingerprint density at radius 1 is 1.04 bits per heavy atom. The summed E-state index contributed by atoms with van der Waals surface area (Å²) in [6.07, 6.45) is 1.93. The van der Waals surface area contributed by atoms with E-state index >= 15 is 0 Å². The van der Waals surface area contributed by atoms with Gasteiger partial charge in [-0.2, -0.15) is 0 Å². The van der Waals surface area contributed by atoms with Crippen LogP contribution in [0.4, 0.5) is 0 Å². The van der Waals surface area contributed by atoms with E-state index in [1.807, 2.05) is 24.3 Å². The predicted octanol–water partition coefficient (Wildman–Crippen LogP) is 5.50. The van der Waals surface area contributed by atoms with Gasteiger partial charge in [0.25, 0.3) is 0 Å². The average molecular weight is 358 g/mol. The first-order chi connectivity index (χ1) is 13.1. The molecule has 0 fully saturated rings. The Bertz CT molecular complexity index is 1170. The lowest BCUT2D eigenvalue weighted by Crippen LogP contribution is -2.32. The summed E-state index contributed by atoms with van der Waals surface area (Å²) >= 11 is 0. The van der Waals surface area contributed by atoms with Crippen molar-refractivity contribution in [1.29, 1.82) is 0 Å². The number of aryl methyl sites for hydroxylation is 1. The van der Waals surface area contributed by atoms with Gasteiger partial charge in [-0.25, -0.2) is 4.98 Å². The van der Waals surface area contributed by atoms with E-state index in [9.17, 15) is 0 Å². The number of aromatic amines is 1. The van der Waals surface area contributed by atoms with Gasteiger partial charge >= 0.3 is 0 Å². The molecule has 0 spiro atoms. The number of hydrogen-bond donors (Lipinski definition) is 1. The number of rotatable bonds is 2. The highest BCUT2D eigenvalue weighted by atomic mass is 16.5. The highest BCUT2D eigenvalue weighted by molar-refractivity contribution is 6.10. The molecule has 136 valence electrons. The van der Waals surface area contributed by atoms with Crippen molar-refractivity contribution in [2.75, 3.05) is 7.11 Å². The first-order valence-electron chi connectivity index (χ1n) is 9.33. The van der Waals surface area contributed by atoms with Gasteiger partial charge in [0.15, 0.2) is 0 Å². The Labute approximate surface area is 158 Å². The smallest absolute Gasteiger partial charge is 0.142 e. The molecule has 5 rings (SSSR count). The molecule has 0 unspecified atom stereocenters. The molecule has 1 N–H and O–H groups in total. The number of hydrogen-bond acceptors (Lipinski definition) is 3. The van der Waals surface area contributed by atoms with E-state index in [0.29, 0.717) is 0 Å². The van der Waals surface area contributed by atoms with Crippen LogP contribution in [0.1, 0.15) is 25.8 Å². The molecule has 1 aromatic heterocycles. The zero-order valence-electron chi connectivity index (χ0n) is 15.8. The van der Waals surface area contributed by atoms with Crippen molar-refractivity contribution in [1.82, 2.24) is 9.97 Å². The molecule has 2 heterocycles. The fourth-order valence-electron chi connectivity index (χ4n) is 4.03. The molecule has 0 bridgehead atoms. The van der Waals surface area contributed by atoms with Crippen LogP contribution < -0.4 is 9.47 Å². The van der Waals surface area contributed by atoms with E-state index in [2.05, 4.69) is 43.1 Å². The number of imidazole rings is 1. The minimum Gasteiger partial charge on any atom is -0.496 e. The Hall–Kier alpha value is -3.01. The van der Waals surface area contributed by atoms with Gasteiger partial charge < -0.3 is 14.5 Å². The van der Waals surface area contributed by atoms with Gasteiger partial charge in [-0.05, 0) is 38.8 Å². The largest absolute Gasteiger partial charge is 0.496 e. The van der Waals surface area contributed by atoms with E-state index in [0.717, 1.165) is 57.5 Å². The second kappa shape index (κ2) is 5.74. The van der Waals surface area contributed by atoms with Crippen LogP contribution in [-0.2, 0) is 6.42 Å². The zero-order chi connectivity index (χ0) is 18.6. The first-order valence-corrected chi connectivity index (χ1v) is 9.33. The summed E-state index contributed by atoms with van der Waals surface area (Å²) in [5, 5.41) is 2.28. The second-order valence-electron chi connectivity index (χ2n) is 7.72. The molecule has 3 aromatic carbocycles. The summed E-state index contributed by atoms with van der Waals surface area (Å²) < 4.78 is 12.0. The lowest BCUT2D eigenvalue weighted by molar-refractivity contribution is 0.0873. The topological polar surface area (TPSA) is 47.1 Å². The Balaban J connectivity index is 1.84. The van der Waals surface area contributed by atoms with Crippen LogP contribution in [0.3, 0.4) is 0 Å². The van der Waals surface area contributed by atoms with Crippen LogP contribution in [-0.4, -0.2) is 22.7 Å². The summed E-state index contributed by atoms with van der Waals surface area (Å²) in [6, 6.07) is 16.4. The van der Waals surface area contributed by atoms with E-state index < -0.39 is 0 Å². The van der Waals surface area contributed by atoms with Gasteiger partial charge in [0.1, 0.15) is 22.9 Å². The molecule has 4 aromatic rings. The number of H-pyrrole nitrogens is 1. The number of methoxy groups -OCH3 is 1. The maximum absolute atomic E-state index is 6.42. The van der Waals surface area contributed by atoms with Crippen LogP contribution in [0.25, 0.3) is 33.2 Å². The lowest BCUT2D eigenvalue weighted by Gasteiger charge is -2.33. The third kappa shape index (κ3) is 2.47. The van der Waals surface area contributed by atoms with E-state index in [1.54, 1.807) is 7.11 Å². The highest BCUT2D eigenvalue weighted by Crippen LogP contribution is 2.44. The monoisotopic (exact) mass is 358 g/mol. The molecule has 0 aliphatic carbocycles. The number of ether oxygens (including phenoxy) is 2. The van der Waals surface area contributed by atoms with Crippen molar-refractivity contribution in [3.8, 4) is 22.9 Å². The summed E-state index contributed by atoms with van der Waals surface area (Å²) in [5.74, 6) is 2.62. The number of nitrogens with one attached hydrogen (secondary N) is 1. The first kappa shape index (κ1) is 16.2. The summed E-state index contributed by atoms with van der Waals surface area (Å²) in [7, 11) is 1.69. The molecular formula is C23H22N2O2.